The van der Waals surface area contributed by atoms with Crippen LogP contribution in [0.1, 0.15) is 17.3 Å². The van der Waals surface area contributed by atoms with E-state index in [1.807, 2.05) is 0 Å². The number of nitro benzene ring substituents is 1. The van der Waals surface area contributed by atoms with Gasteiger partial charge in [0.15, 0.2) is 11.5 Å². The number of ketones is 1. The molecule has 0 amide bonds. The third-order valence-electron chi connectivity index (χ3n) is 3.64. The number of azo groups is 1. The number of nitrogens with one attached hydrogen (secondary N) is 2. The molecular weight excluding hydrogens is 338 g/mol. The predicted octanol–water partition coefficient (Wildman–Crippen LogP) is 3.90. The van der Waals surface area contributed by atoms with Crippen LogP contribution in [-0.2, 0) is 0 Å². The number of benzene rings is 2. The number of carbonyl (C=O) groups excluding carboxylic acids is 1. The van der Waals surface area contributed by atoms with Gasteiger partial charge in [-0.2, -0.15) is 5.11 Å². The number of hydrogen-bond donors (Lipinski definition) is 2. The second kappa shape index (κ2) is 6.93. The van der Waals surface area contributed by atoms with Gasteiger partial charge in [-0.15, -0.1) is 5.11 Å². The van der Waals surface area contributed by atoms with Crippen LogP contribution < -0.4 is 5.56 Å². The zero-order valence-electron chi connectivity index (χ0n) is 13.6. The first kappa shape index (κ1) is 17.0. The van der Waals surface area contributed by atoms with Gasteiger partial charge in [-0.1, -0.05) is 12.1 Å². The Morgan fingerprint density at radius 2 is 1.81 bits per heavy atom. The van der Waals surface area contributed by atoms with Crippen LogP contribution in [0.5, 0.6) is 0 Å². The van der Waals surface area contributed by atoms with E-state index in [9.17, 15) is 19.7 Å². The smallest absolute Gasteiger partial charge is 0.292 e. The molecule has 9 nitrogen and oxygen atoms in total. The standard InChI is InChI=1S/C17H13N5O4/c1-10(23)11-5-7-13(8-6-11)18-20-16-15(19-21-17(16)24)12-3-2-4-14(9-12)22(25)26/h2-9H,1H3,(H2,19,21,24). The number of carbonyl (C=O) groups is 1. The molecule has 0 radical (unpaired) electrons. The molecule has 3 aromatic rings. The maximum atomic E-state index is 12.0. The molecule has 1 heterocycles. The molecule has 130 valence electrons. The minimum atomic E-state index is -0.522. The maximum Gasteiger partial charge on any atom is 0.292 e. The zero-order chi connectivity index (χ0) is 18.7. The molecule has 0 saturated carbocycles. The summed E-state index contributed by atoms with van der Waals surface area (Å²) in [5, 5.41) is 23.9. The molecule has 0 atom stereocenters. The lowest BCUT2D eigenvalue weighted by molar-refractivity contribution is -0.384. The summed E-state index contributed by atoms with van der Waals surface area (Å²) in [6.07, 6.45) is 0. The van der Waals surface area contributed by atoms with Crippen LogP contribution in [0.4, 0.5) is 17.1 Å². The lowest BCUT2D eigenvalue weighted by Gasteiger charge is -1.99. The fourth-order valence-electron chi connectivity index (χ4n) is 2.30. The van der Waals surface area contributed by atoms with Crippen LogP contribution in [0.25, 0.3) is 11.3 Å². The van der Waals surface area contributed by atoms with E-state index in [0.717, 1.165) is 0 Å². The Labute approximate surface area is 146 Å². The van der Waals surface area contributed by atoms with Crippen molar-refractivity contribution in [3.05, 3.63) is 74.6 Å². The van der Waals surface area contributed by atoms with Crippen molar-refractivity contribution in [1.29, 1.82) is 0 Å². The third kappa shape index (κ3) is 3.46. The Hall–Kier alpha value is -3.88. The minimum absolute atomic E-state index is 0.00106. The average molecular weight is 351 g/mol. The second-order valence-electron chi connectivity index (χ2n) is 5.41. The highest BCUT2D eigenvalue weighted by atomic mass is 16.6. The summed E-state index contributed by atoms with van der Waals surface area (Å²) < 4.78 is 0. The molecule has 9 heteroatoms. The molecular formula is C17H13N5O4. The highest BCUT2D eigenvalue weighted by Crippen LogP contribution is 2.28. The van der Waals surface area contributed by atoms with E-state index in [-0.39, 0.29) is 17.2 Å². The molecule has 0 aliphatic heterocycles. The molecule has 0 fully saturated rings. The fraction of sp³-hybridized carbons (Fsp3) is 0.0588. The highest BCUT2D eigenvalue weighted by Gasteiger charge is 2.14. The van der Waals surface area contributed by atoms with Crippen molar-refractivity contribution in [1.82, 2.24) is 10.2 Å². The summed E-state index contributed by atoms with van der Waals surface area (Å²) in [6.45, 7) is 1.46. The van der Waals surface area contributed by atoms with Gasteiger partial charge in [0, 0.05) is 23.3 Å². The van der Waals surface area contributed by atoms with Crippen molar-refractivity contribution < 1.29 is 9.72 Å². The van der Waals surface area contributed by atoms with E-state index in [0.29, 0.717) is 22.5 Å². The van der Waals surface area contributed by atoms with Gasteiger partial charge in [0.2, 0.25) is 0 Å². The van der Waals surface area contributed by atoms with E-state index in [4.69, 9.17) is 0 Å². The van der Waals surface area contributed by atoms with Gasteiger partial charge in [0.1, 0.15) is 0 Å². The van der Waals surface area contributed by atoms with Gasteiger partial charge in [0.05, 0.1) is 16.3 Å². The van der Waals surface area contributed by atoms with E-state index in [2.05, 4.69) is 20.4 Å². The van der Waals surface area contributed by atoms with Crippen molar-refractivity contribution in [2.45, 2.75) is 6.92 Å². The zero-order valence-corrected chi connectivity index (χ0v) is 13.6. The number of nitro groups is 1. The van der Waals surface area contributed by atoms with Gasteiger partial charge in [-0.25, -0.2) is 0 Å². The number of aromatic nitrogens is 2. The predicted molar refractivity (Wildman–Crippen MR) is 94.1 cm³/mol. The molecule has 1 aromatic heterocycles. The molecule has 2 N–H and O–H groups in total. The van der Waals surface area contributed by atoms with Crippen molar-refractivity contribution in [3.63, 3.8) is 0 Å². The van der Waals surface area contributed by atoms with Crippen molar-refractivity contribution in [2.24, 2.45) is 10.2 Å². The first-order chi connectivity index (χ1) is 12.5. The van der Waals surface area contributed by atoms with E-state index in [1.54, 1.807) is 30.3 Å². The van der Waals surface area contributed by atoms with Gasteiger partial charge in [0.25, 0.3) is 11.2 Å². The van der Waals surface area contributed by atoms with Crippen molar-refractivity contribution in [3.8, 4) is 11.3 Å². The van der Waals surface area contributed by atoms with Gasteiger partial charge in [-0.05, 0) is 31.2 Å². The third-order valence-corrected chi connectivity index (χ3v) is 3.64. The SMILES string of the molecule is CC(=O)c1ccc(N=Nc2c(-c3cccc([N+](=O)[O-])c3)[nH][nH]c2=O)cc1. The Morgan fingerprint density at radius 1 is 1.08 bits per heavy atom. The summed E-state index contributed by atoms with van der Waals surface area (Å²) in [6, 6.07) is 12.3. The molecule has 2 aromatic carbocycles. The number of rotatable bonds is 5. The number of H-pyrrole nitrogens is 2. The van der Waals surface area contributed by atoms with Crippen LogP contribution >= 0.6 is 0 Å². The molecule has 0 bridgehead atoms. The average Bonchev–Trinajstić information content (AvgIpc) is 3.01. The minimum Gasteiger partial charge on any atom is -0.295 e. The molecule has 0 saturated heterocycles. The number of Topliss-reactive ketones (excluding diaryl/α,β-unsaturated/α-hetero) is 1. The first-order valence-electron chi connectivity index (χ1n) is 7.54. The monoisotopic (exact) mass is 351 g/mol. The number of non-ortho nitro benzene ring substituents is 1. The largest absolute Gasteiger partial charge is 0.295 e. The lowest BCUT2D eigenvalue weighted by atomic mass is 10.1. The summed E-state index contributed by atoms with van der Waals surface area (Å²) in [5.41, 5.74) is 1.12. The van der Waals surface area contributed by atoms with E-state index >= 15 is 0 Å². The van der Waals surface area contributed by atoms with Crippen LogP contribution in [0.3, 0.4) is 0 Å². The highest BCUT2D eigenvalue weighted by molar-refractivity contribution is 5.94. The molecule has 26 heavy (non-hydrogen) atoms. The normalized spacial score (nSPS) is 11.0. The molecule has 3 rings (SSSR count). The summed E-state index contributed by atoms with van der Waals surface area (Å²) >= 11 is 0. The Bertz CT molecular complexity index is 1060. The molecule has 0 aliphatic carbocycles. The summed E-state index contributed by atoms with van der Waals surface area (Å²) in [5.74, 6) is -0.0662. The number of aromatic amines is 2. The lowest BCUT2D eigenvalue weighted by Crippen LogP contribution is -1.96. The van der Waals surface area contributed by atoms with Crippen LogP contribution in [-0.4, -0.2) is 20.9 Å². The topological polar surface area (TPSA) is 134 Å². The Morgan fingerprint density at radius 3 is 2.46 bits per heavy atom. The van der Waals surface area contributed by atoms with Crippen LogP contribution in [0.2, 0.25) is 0 Å². The van der Waals surface area contributed by atoms with Gasteiger partial charge in [-0.3, -0.25) is 29.9 Å². The van der Waals surface area contributed by atoms with Crippen LogP contribution in [0.15, 0.2) is 63.6 Å². The van der Waals surface area contributed by atoms with Gasteiger partial charge >= 0.3 is 0 Å². The fourth-order valence-corrected chi connectivity index (χ4v) is 2.30. The Balaban J connectivity index is 1.96. The molecule has 0 aliphatic rings. The van der Waals surface area contributed by atoms with Gasteiger partial charge < -0.3 is 0 Å². The molecule has 0 unspecified atom stereocenters. The van der Waals surface area contributed by atoms with Crippen molar-refractivity contribution in [2.75, 3.05) is 0 Å². The second-order valence-corrected chi connectivity index (χ2v) is 5.41. The number of hydrogen-bond acceptors (Lipinski definition) is 6. The first-order valence-corrected chi connectivity index (χ1v) is 7.54. The summed E-state index contributed by atoms with van der Waals surface area (Å²) in [4.78, 5) is 33.6. The Kier molecular flexibility index (Phi) is 4.52. The molecule has 0 spiro atoms. The van der Waals surface area contributed by atoms with E-state index in [1.165, 1.54) is 25.1 Å². The van der Waals surface area contributed by atoms with E-state index < -0.39 is 10.5 Å². The maximum absolute atomic E-state index is 12.0. The summed E-state index contributed by atoms with van der Waals surface area (Å²) in [7, 11) is 0. The number of nitrogens with zero attached hydrogens (tertiary/aromatic N) is 3. The van der Waals surface area contributed by atoms with Crippen molar-refractivity contribution >= 4 is 22.8 Å². The quantitative estimate of drug-likeness (QED) is 0.312. The van der Waals surface area contributed by atoms with Crippen LogP contribution in [0, 0.1) is 10.1 Å².